The van der Waals surface area contributed by atoms with Gasteiger partial charge >= 0.3 is 0 Å². The van der Waals surface area contributed by atoms with Crippen molar-refractivity contribution in [1.29, 1.82) is 5.26 Å². The van der Waals surface area contributed by atoms with Gasteiger partial charge < -0.3 is 10.0 Å². The first-order chi connectivity index (χ1) is 13.1. The lowest BCUT2D eigenvalue weighted by atomic mass is 10.1. The van der Waals surface area contributed by atoms with Crippen LogP contribution in [0.5, 0.6) is 0 Å². The Kier molecular flexibility index (Phi) is 6.70. The molecule has 1 aliphatic heterocycles. The summed E-state index contributed by atoms with van der Waals surface area (Å²) in [7, 11) is -0.261. The lowest BCUT2D eigenvalue weighted by molar-refractivity contribution is -0.136. The molecule has 1 saturated carbocycles. The Hall–Kier alpha value is -2.15. The highest BCUT2D eigenvalue weighted by Gasteiger charge is 2.52. The van der Waals surface area contributed by atoms with E-state index in [2.05, 4.69) is 6.07 Å². The Bertz CT molecular complexity index is 895. The minimum Gasteiger partial charge on any atom is -0.483 e. The van der Waals surface area contributed by atoms with Gasteiger partial charge in [-0.05, 0) is 38.4 Å². The van der Waals surface area contributed by atoms with E-state index in [1.54, 1.807) is 37.2 Å². The predicted molar refractivity (Wildman–Crippen MR) is 103 cm³/mol. The number of hydrogen-bond acceptors (Lipinski definition) is 6. The number of carbonyl (C=O) groups is 2. The molecule has 2 fully saturated rings. The molecule has 2 aliphatic rings. The van der Waals surface area contributed by atoms with Crippen molar-refractivity contribution in [2.24, 2.45) is 0 Å². The first-order valence-electron chi connectivity index (χ1n) is 8.60. The molecule has 1 aromatic carbocycles. The van der Waals surface area contributed by atoms with E-state index in [1.807, 2.05) is 0 Å². The van der Waals surface area contributed by atoms with Crippen molar-refractivity contribution >= 4 is 33.8 Å². The van der Waals surface area contributed by atoms with Crippen molar-refractivity contribution < 1.29 is 23.1 Å². The molecule has 1 aromatic rings. The summed E-state index contributed by atoms with van der Waals surface area (Å²) in [5.41, 5.74) is -0.711. The Morgan fingerprint density at radius 2 is 2.00 bits per heavy atom. The number of sulfone groups is 1. The summed E-state index contributed by atoms with van der Waals surface area (Å²) >= 11 is 6.06. The number of carboxylic acid groups (broad SMARTS) is 1. The van der Waals surface area contributed by atoms with E-state index in [1.165, 1.54) is 11.0 Å². The van der Waals surface area contributed by atoms with Gasteiger partial charge in [0.1, 0.15) is 5.54 Å². The van der Waals surface area contributed by atoms with E-state index in [4.69, 9.17) is 21.5 Å². The van der Waals surface area contributed by atoms with Crippen LogP contribution in [0.1, 0.15) is 19.3 Å². The van der Waals surface area contributed by atoms with Gasteiger partial charge in [-0.1, -0.05) is 23.7 Å². The molecule has 0 aromatic heterocycles. The van der Waals surface area contributed by atoms with Gasteiger partial charge in [-0.2, -0.15) is 5.26 Å². The number of amides is 1. The van der Waals surface area contributed by atoms with Gasteiger partial charge in [-0.3, -0.25) is 14.5 Å². The van der Waals surface area contributed by atoms with Crippen molar-refractivity contribution in [2.45, 2.75) is 41.0 Å². The molecular weight excluding hydrogens is 406 g/mol. The van der Waals surface area contributed by atoms with E-state index < -0.39 is 26.7 Å². The maximum Gasteiger partial charge on any atom is 0.290 e. The molecule has 0 unspecified atom stereocenters. The molecule has 28 heavy (non-hydrogen) atoms. The number of halogens is 1. The number of nitriles is 1. The monoisotopic (exact) mass is 427 g/mol. The summed E-state index contributed by atoms with van der Waals surface area (Å²) in [6, 6.07) is 8.01. The van der Waals surface area contributed by atoms with Gasteiger partial charge in [0, 0.05) is 13.6 Å². The average molecular weight is 428 g/mol. The maximum atomic E-state index is 12.9. The molecule has 1 N–H and O–H groups in total. The summed E-state index contributed by atoms with van der Waals surface area (Å²) in [6.45, 7) is 0.0113. The first-order valence-corrected chi connectivity index (χ1v) is 10.5. The Morgan fingerprint density at radius 3 is 2.50 bits per heavy atom. The van der Waals surface area contributed by atoms with E-state index in [9.17, 15) is 18.5 Å². The molecule has 0 spiro atoms. The Labute approximate surface area is 169 Å². The summed E-state index contributed by atoms with van der Waals surface area (Å²) < 4.78 is 25.8. The minimum absolute atomic E-state index is 0.104. The number of likely N-dealkylation sites (tertiary alicyclic amines) is 1. The lowest BCUT2D eigenvalue weighted by Crippen LogP contribution is -2.47. The molecular formula is C18H22ClN3O5S. The number of likely N-dealkylation sites (N-methyl/N-ethyl adjacent to an activating group) is 2. The van der Waals surface area contributed by atoms with E-state index in [-0.39, 0.29) is 35.3 Å². The van der Waals surface area contributed by atoms with Crippen molar-refractivity contribution in [2.75, 3.05) is 20.6 Å². The number of carbonyl (C=O) groups excluding carboxylic acids is 1. The number of hydrogen-bond donors (Lipinski definition) is 1. The van der Waals surface area contributed by atoms with E-state index in [0.717, 1.165) is 0 Å². The molecule has 1 amide bonds. The van der Waals surface area contributed by atoms with Crippen LogP contribution < -0.4 is 0 Å². The molecule has 10 heteroatoms. The minimum atomic E-state index is -3.63. The second-order valence-corrected chi connectivity index (χ2v) is 9.54. The average Bonchev–Trinajstić information content (AvgIpc) is 3.36. The van der Waals surface area contributed by atoms with E-state index >= 15 is 0 Å². The van der Waals surface area contributed by atoms with Gasteiger partial charge in [-0.15, -0.1) is 0 Å². The van der Waals surface area contributed by atoms with Crippen molar-refractivity contribution in [3.63, 3.8) is 0 Å². The maximum absolute atomic E-state index is 12.9. The number of benzene rings is 1. The van der Waals surface area contributed by atoms with E-state index in [0.29, 0.717) is 12.8 Å². The summed E-state index contributed by atoms with van der Waals surface area (Å²) in [6.07, 6.45) is 1.54. The summed E-state index contributed by atoms with van der Waals surface area (Å²) in [5, 5.41) is 15.7. The van der Waals surface area contributed by atoms with Gasteiger partial charge in [0.2, 0.25) is 5.91 Å². The third kappa shape index (κ3) is 4.14. The fourth-order valence-electron chi connectivity index (χ4n) is 3.40. The van der Waals surface area contributed by atoms with Crippen LogP contribution in [0.4, 0.5) is 0 Å². The van der Waals surface area contributed by atoms with Gasteiger partial charge in [0.05, 0.1) is 27.3 Å². The van der Waals surface area contributed by atoms with Crippen molar-refractivity contribution in [3.8, 4) is 6.07 Å². The topological polar surface area (TPSA) is 119 Å². The first kappa shape index (κ1) is 22.1. The molecule has 3 rings (SSSR count). The van der Waals surface area contributed by atoms with Crippen LogP contribution in [-0.2, 0) is 19.4 Å². The molecule has 0 radical (unpaired) electrons. The molecule has 2 atom stereocenters. The molecule has 1 aliphatic carbocycles. The summed E-state index contributed by atoms with van der Waals surface area (Å²) in [5.74, 6) is -0.196. The third-order valence-corrected chi connectivity index (χ3v) is 7.91. The standard InChI is InChI=1S/C17H20ClN3O3S.CH2O2/c1-20-10-12(25(23,24)15-6-4-3-5-13(15)18)9-14(20)16(22)21(2)17(11-19)7-8-17;2-1-3/h3-6,12,14H,7-10H2,1-2H3;1H,(H,2,3)/t12-,14+;/m1./s1. The molecule has 152 valence electrons. The Morgan fingerprint density at radius 1 is 1.43 bits per heavy atom. The fourth-order valence-corrected chi connectivity index (χ4v) is 5.69. The van der Waals surface area contributed by atoms with Crippen LogP contribution in [-0.4, -0.2) is 73.2 Å². The molecule has 1 saturated heterocycles. The zero-order chi connectivity index (χ0) is 21.1. The van der Waals surface area contributed by atoms with Gasteiger partial charge in [0.25, 0.3) is 6.47 Å². The van der Waals surface area contributed by atoms with Crippen LogP contribution in [0.2, 0.25) is 5.02 Å². The SMILES string of the molecule is CN1C[C@H](S(=O)(=O)c2ccccc2Cl)C[C@H]1C(=O)N(C)C1(C#N)CC1.O=CO. The second kappa shape index (κ2) is 8.47. The second-order valence-electron chi connectivity index (χ2n) is 6.93. The zero-order valence-electron chi connectivity index (χ0n) is 15.6. The smallest absolute Gasteiger partial charge is 0.290 e. The zero-order valence-corrected chi connectivity index (χ0v) is 17.2. The number of rotatable bonds is 4. The number of nitrogens with zero attached hydrogens (tertiary/aromatic N) is 3. The molecule has 1 heterocycles. The van der Waals surface area contributed by atoms with Gasteiger partial charge in [0.15, 0.2) is 9.84 Å². The molecule has 0 bridgehead atoms. The van der Waals surface area contributed by atoms with Crippen LogP contribution in [0.3, 0.4) is 0 Å². The van der Waals surface area contributed by atoms with Gasteiger partial charge in [-0.25, -0.2) is 8.42 Å². The lowest BCUT2D eigenvalue weighted by Gasteiger charge is -2.28. The largest absolute Gasteiger partial charge is 0.483 e. The highest BCUT2D eigenvalue weighted by molar-refractivity contribution is 7.92. The quantitative estimate of drug-likeness (QED) is 0.721. The van der Waals surface area contributed by atoms with Crippen molar-refractivity contribution in [3.05, 3.63) is 29.3 Å². The third-order valence-electron chi connectivity index (χ3n) is 5.28. The fraction of sp³-hybridized carbons (Fsp3) is 0.500. The van der Waals surface area contributed by atoms with Crippen LogP contribution in [0.15, 0.2) is 29.2 Å². The highest BCUT2D eigenvalue weighted by Crippen LogP contribution is 2.41. The predicted octanol–water partition coefficient (Wildman–Crippen LogP) is 1.40. The molecule has 8 nitrogen and oxygen atoms in total. The Balaban J connectivity index is 0.000000878. The van der Waals surface area contributed by atoms with Crippen LogP contribution in [0.25, 0.3) is 0 Å². The normalized spacial score (nSPS) is 23.1. The summed E-state index contributed by atoms with van der Waals surface area (Å²) in [4.78, 5) is 24.5. The van der Waals surface area contributed by atoms with Crippen molar-refractivity contribution in [1.82, 2.24) is 9.80 Å². The highest BCUT2D eigenvalue weighted by atomic mass is 35.5. The van der Waals surface area contributed by atoms with Crippen LogP contribution in [0, 0.1) is 11.3 Å². The van der Waals surface area contributed by atoms with Crippen LogP contribution >= 0.6 is 11.6 Å².